The number of fused-ring (bicyclic) bond motifs is 3. The van der Waals surface area contributed by atoms with E-state index in [4.69, 9.17) is 0 Å². The van der Waals surface area contributed by atoms with Gasteiger partial charge in [0, 0.05) is 18.7 Å². The van der Waals surface area contributed by atoms with Gasteiger partial charge in [-0.25, -0.2) is 4.98 Å². The number of benzene rings is 2. The lowest BCUT2D eigenvalue weighted by Gasteiger charge is -2.19. The number of amides is 1. The van der Waals surface area contributed by atoms with E-state index in [1.807, 2.05) is 60.0 Å². The summed E-state index contributed by atoms with van der Waals surface area (Å²) in [6, 6.07) is 15.3. The molecule has 1 amide bonds. The van der Waals surface area contributed by atoms with Gasteiger partial charge in [-0.3, -0.25) is 4.79 Å². The van der Waals surface area contributed by atoms with Gasteiger partial charge >= 0.3 is 0 Å². The maximum absolute atomic E-state index is 12.8. The number of hydrogen-bond donors (Lipinski definition) is 2. The van der Waals surface area contributed by atoms with Gasteiger partial charge in [0.25, 0.3) is 5.91 Å². The van der Waals surface area contributed by atoms with E-state index in [0.29, 0.717) is 18.8 Å². The predicted octanol–water partition coefficient (Wildman–Crippen LogP) is 3.66. The first kappa shape index (κ1) is 14.5. The van der Waals surface area contributed by atoms with Crippen LogP contribution in [0.1, 0.15) is 17.8 Å². The lowest BCUT2D eigenvalue weighted by Crippen LogP contribution is -2.22. The maximum atomic E-state index is 12.8. The summed E-state index contributed by atoms with van der Waals surface area (Å²) in [6.45, 7) is 2.54. The number of aromatic nitrogens is 2. The largest absolute Gasteiger partial charge is 0.511 e. The van der Waals surface area contributed by atoms with Crippen LogP contribution >= 0.6 is 0 Å². The molecule has 5 nitrogen and oxygen atoms in total. The Hall–Kier alpha value is -3.08. The fraction of sp³-hybridized carbons (Fsp3) is 0.158. The molecule has 120 valence electrons. The number of carbonyl (C=O) groups is 1. The number of aryl methyl sites for hydroxylation is 2. The van der Waals surface area contributed by atoms with Crippen molar-refractivity contribution in [1.82, 2.24) is 9.55 Å². The standard InChI is InChI=1S/C19H17N3O2/c1-12-6-2-3-7-13(12)21-19(24)17-16(23)10-11-22-15-9-5-4-8-14(15)20-18(17)22/h2-9,23H,10-11H2,1H3,(H,21,24). The highest BCUT2D eigenvalue weighted by atomic mass is 16.3. The van der Waals surface area contributed by atoms with Crippen LogP contribution in [0.4, 0.5) is 5.69 Å². The van der Waals surface area contributed by atoms with Gasteiger partial charge in [-0.1, -0.05) is 30.3 Å². The third-order valence-electron chi connectivity index (χ3n) is 4.36. The third-order valence-corrected chi connectivity index (χ3v) is 4.36. The number of hydrogen-bond acceptors (Lipinski definition) is 3. The van der Waals surface area contributed by atoms with E-state index in [2.05, 4.69) is 10.3 Å². The van der Waals surface area contributed by atoms with Crippen LogP contribution < -0.4 is 5.32 Å². The van der Waals surface area contributed by atoms with Crippen LogP contribution in [0.25, 0.3) is 16.6 Å². The van der Waals surface area contributed by atoms with E-state index >= 15 is 0 Å². The second-order valence-electron chi connectivity index (χ2n) is 5.92. The van der Waals surface area contributed by atoms with Gasteiger partial charge in [-0.05, 0) is 30.7 Å². The van der Waals surface area contributed by atoms with Crippen molar-refractivity contribution in [3.63, 3.8) is 0 Å². The summed E-state index contributed by atoms with van der Waals surface area (Å²) in [6.07, 6.45) is 0.421. The fourth-order valence-corrected chi connectivity index (χ4v) is 3.10. The highest BCUT2D eigenvalue weighted by molar-refractivity contribution is 6.25. The minimum absolute atomic E-state index is 0.0869. The Balaban J connectivity index is 1.78. The number of para-hydroxylation sites is 3. The van der Waals surface area contributed by atoms with Crippen LogP contribution in [-0.2, 0) is 11.3 Å². The van der Waals surface area contributed by atoms with Crippen LogP contribution in [0, 0.1) is 6.92 Å². The highest BCUT2D eigenvalue weighted by Gasteiger charge is 2.28. The zero-order valence-electron chi connectivity index (χ0n) is 13.3. The molecule has 24 heavy (non-hydrogen) atoms. The lowest BCUT2D eigenvalue weighted by atomic mass is 10.1. The quantitative estimate of drug-likeness (QED) is 0.757. The van der Waals surface area contributed by atoms with Crippen LogP contribution in [0.3, 0.4) is 0 Å². The Morgan fingerprint density at radius 2 is 1.92 bits per heavy atom. The van der Waals surface area contributed by atoms with Gasteiger partial charge in [0.1, 0.15) is 17.2 Å². The number of aliphatic hydroxyl groups is 1. The summed E-state index contributed by atoms with van der Waals surface area (Å²) < 4.78 is 1.99. The first-order valence-corrected chi connectivity index (χ1v) is 7.90. The zero-order chi connectivity index (χ0) is 16.7. The van der Waals surface area contributed by atoms with E-state index < -0.39 is 0 Å². The molecule has 0 aliphatic carbocycles. The number of rotatable bonds is 2. The first-order chi connectivity index (χ1) is 11.6. The lowest BCUT2D eigenvalue weighted by molar-refractivity contribution is -0.111. The topological polar surface area (TPSA) is 67.2 Å². The molecular weight excluding hydrogens is 302 g/mol. The van der Waals surface area contributed by atoms with Gasteiger partial charge in [-0.15, -0.1) is 0 Å². The molecule has 0 unspecified atom stereocenters. The van der Waals surface area contributed by atoms with Crippen LogP contribution in [0.2, 0.25) is 0 Å². The molecule has 2 aromatic carbocycles. The van der Waals surface area contributed by atoms with E-state index in [9.17, 15) is 9.90 Å². The smallest absolute Gasteiger partial charge is 0.262 e. The molecule has 5 heteroatoms. The average molecular weight is 319 g/mol. The summed E-state index contributed by atoms with van der Waals surface area (Å²) in [7, 11) is 0. The summed E-state index contributed by atoms with van der Waals surface area (Å²) in [4.78, 5) is 17.3. The Labute approximate surface area is 139 Å². The van der Waals surface area contributed by atoms with Crippen molar-refractivity contribution in [2.24, 2.45) is 0 Å². The second-order valence-corrected chi connectivity index (χ2v) is 5.92. The van der Waals surface area contributed by atoms with Crippen molar-refractivity contribution >= 4 is 28.2 Å². The molecule has 2 N–H and O–H groups in total. The maximum Gasteiger partial charge on any atom is 0.262 e. The van der Waals surface area contributed by atoms with Gasteiger partial charge < -0.3 is 15.0 Å². The van der Waals surface area contributed by atoms with Crippen LogP contribution in [0.5, 0.6) is 0 Å². The van der Waals surface area contributed by atoms with Gasteiger partial charge in [0.15, 0.2) is 0 Å². The Bertz CT molecular complexity index is 985. The van der Waals surface area contributed by atoms with E-state index in [1.165, 1.54) is 0 Å². The molecule has 4 rings (SSSR count). The highest BCUT2D eigenvalue weighted by Crippen LogP contribution is 2.30. The summed E-state index contributed by atoms with van der Waals surface area (Å²) >= 11 is 0. The Kier molecular flexibility index (Phi) is 3.34. The number of carbonyl (C=O) groups excluding carboxylic acids is 1. The minimum Gasteiger partial charge on any atom is -0.511 e. The van der Waals surface area contributed by atoms with E-state index in [-0.39, 0.29) is 17.2 Å². The number of nitrogens with one attached hydrogen (secondary N) is 1. The van der Waals surface area contributed by atoms with Crippen molar-refractivity contribution in [2.75, 3.05) is 5.32 Å². The van der Waals surface area contributed by atoms with Crippen molar-refractivity contribution in [3.8, 4) is 0 Å². The van der Waals surface area contributed by atoms with Crippen LogP contribution in [-0.4, -0.2) is 20.6 Å². The first-order valence-electron chi connectivity index (χ1n) is 7.90. The summed E-state index contributed by atoms with van der Waals surface area (Å²) in [5.41, 5.74) is 3.75. The summed E-state index contributed by atoms with van der Waals surface area (Å²) in [5.74, 6) is 0.271. The predicted molar refractivity (Wildman–Crippen MR) is 93.7 cm³/mol. The zero-order valence-corrected chi connectivity index (χ0v) is 13.3. The Morgan fingerprint density at radius 3 is 2.75 bits per heavy atom. The molecule has 0 atom stereocenters. The van der Waals surface area contributed by atoms with Crippen molar-refractivity contribution in [3.05, 3.63) is 65.7 Å². The number of imidazole rings is 1. The Morgan fingerprint density at radius 1 is 1.17 bits per heavy atom. The van der Waals surface area contributed by atoms with Crippen molar-refractivity contribution in [2.45, 2.75) is 19.9 Å². The molecule has 0 saturated heterocycles. The van der Waals surface area contributed by atoms with Gasteiger partial charge in [0.2, 0.25) is 0 Å². The molecule has 1 aromatic heterocycles. The van der Waals surface area contributed by atoms with Gasteiger partial charge in [0.05, 0.1) is 11.0 Å². The van der Waals surface area contributed by atoms with Crippen molar-refractivity contribution in [1.29, 1.82) is 0 Å². The van der Waals surface area contributed by atoms with Crippen LogP contribution in [0.15, 0.2) is 54.3 Å². The molecule has 0 bridgehead atoms. The summed E-state index contributed by atoms with van der Waals surface area (Å²) in [5, 5.41) is 13.2. The molecule has 3 aromatic rings. The molecule has 0 saturated carbocycles. The fourth-order valence-electron chi connectivity index (χ4n) is 3.10. The molecular formula is C19H17N3O2. The molecule has 1 aliphatic rings. The molecule has 2 heterocycles. The monoisotopic (exact) mass is 319 g/mol. The van der Waals surface area contributed by atoms with E-state index in [1.54, 1.807) is 0 Å². The van der Waals surface area contributed by atoms with Gasteiger partial charge in [-0.2, -0.15) is 0 Å². The third kappa shape index (κ3) is 2.25. The number of aliphatic hydroxyl groups excluding tert-OH is 1. The SMILES string of the molecule is Cc1ccccc1NC(=O)C1=C(O)CCn2c1nc1ccccc12. The number of allylic oxidation sites excluding steroid dienone is 1. The molecule has 1 aliphatic heterocycles. The van der Waals surface area contributed by atoms with Crippen molar-refractivity contribution < 1.29 is 9.90 Å². The number of anilines is 1. The molecule has 0 fully saturated rings. The minimum atomic E-state index is -0.335. The van der Waals surface area contributed by atoms with E-state index in [0.717, 1.165) is 22.3 Å². The normalized spacial score (nSPS) is 13.9. The molecule has 0 spiro atoms. The average Bonchev–Trinajstić information content (AvgIpc) is 2.95. The number of nitrogens with zero attached hydrogens (tertiary/aromatic N) is 2. The second kappa shape index (κ2) is 5.53. The molecule has 0 radical (unpaired) electrons.